The number of aliphatic hydroxyl groups excluding tert-OH is 1. The molecule has 4 bridgehead atoms. The Hall–Kier alpha value is -0.990. The molecule has 2 heterocycles. The Labute approximate surface area is 147 Å². The van der Waals surface area contributed by atoms with Crippen LogP contribution in [0, 0.1) is 30.6 Å². The van der Waals surface area contributed by atoms with Gasteiger partial charge in [0.1, 0.15) is 6.10 Å². The molecule has 3 saturated carbocycles. The summed E-state index contributed by atoms with van der Waals surface area (Å²) in [7, 11) is -3.88. The molecule has 2 aliphatic heterocycles. The number of fused-ring (bicyclic) bond motifs is 1. The van der Waals surface area contributed by atoms with Crippen molar-refractivity contribution in [2.75, 3.05) is 0 Å². The smallest absolute Gasteiger partial charge is 0.297 e. The number of hydrogen-bond donors (Lipinski definition) is 1. The number of ether oxygens (including phenoxy) is 2. The summed E-state index contributed by atoms with van der Waals surface area (Å²) in [6, 6.07) is 6.64. The Bertz CT molecular complexity index is 805. The molecule has 2 saturated heterocycles. The van der Waals surface area contributed by atoms with Crippen molar-refractivity contribution in [1.29, 1.82) is 0 Å². The molecular formula is C18H22O6S. The minimum absolute atomic E-state index is 0.0699. The maximum absolute atomic E-state index is 12.8. The van der Waals surface area contributed by atoms with E-state index in [0.717, 1.165) is 18.4 Å². The van der Waals surface area contributed by atoms with Crippen molar-refractivity contribution in [2.24, 2.45) is 23.7 Å². The fourth-order valence-corrected chi connectivity index (χ4v) is 6.76. The number of aryl methyl sites for hydroxylation is 1. The zero-order valence-electron chi connectivity index (χ0n) is 14.2. The SMILES string of the molecule is Cc1ccc(S(=O)(=O)O[C@H]2C3CCC4C2OC2(C)O[C@H](O)C3C42)cc1. The Morgan fingerprint density at radius 3 is 2.56 bits per heavy atom. The van der Waals surface area contributed by atoms with E-state index in [1.165, 1.54) is 0 Å². The van der Waals surface area contributed by atoms with Crippen LogP contribution in [0.2, 0.25) is 0 Å². The van der Waals surface area contributed by atoms with E-state index >= 15 is 0 Å². The Morgan fingerprint density at radius 1 is 1.16 bits per heavy atom. The monoisotopic (exact) mass is 366 g/mol. The molecule has 0 aromatic heterocycles. The fraction of sp³-hybridized carbons (Fsp3) is 0.667. The summed E-state index contributed by atoms with van der Waals surface area (Å²) in [5.41, 5.74) is 0.989. The molecule has 1 N–H and O–H groups in total. The van der Waals surface area contributed by atoms with E-state index in [9.17, 15) is 13.5 Å². The van der Waals surface area contributed by atoms with Crippen molar-refractivity contribution in [1.82, 2.24) is 0 Å². The third-order valence-electron chi connectivity index (χ3n) is 6.58. The molecule has 0 amide bonds. The zero-order valence-corrected chi connectivity index (χ0v) is 15.0. The summed E-state index contributed by atoms with van der Waals surface area (Å²) in [5.74, 6) is -0.729. The van der Waals surface area contributed by atoms with Crippen LogP contribution in [-0.2, 0) is 23.8 Å². The Kier molecular flexibility index (Phi) is 3.27. The molecule has 6 rings (SSSR count). The summed E-state index contributed by atoms with van der Waals surface area (Å²) >= 11 is 0. The van der Waals surface area contributed by atoms with E-state index in [1.54, 1.807) is 24.3 Å². The second-order valence-electron chi connectivity index (χ2n) is 7.94. The molecule has 5 fully saturated rings. The zero-order chi connectivity index (χ0) is 17.6. The lowest BCUT2D eigenvalue weighted by molar-refractivity contribution is -0.281. The van der Waals surface area contributed by atoms with Crippen molar-refractivity contribution >= 4 is 10.1 Å². The van der Waals surface area contributed by atoms with Gasteiger partial charge in [-0.05, 0) is 50.7 Å². The van der Waals surface area contributed by atoms with Gasteiger partial charge < -0.3 is 14.6 Å². The lowest BCUT2D eigenvalue weighted by Crippen LogP contribution is -2.56. The van der Waals surface area contributed by atoms with Gasteiger partial charge >= 0.3 is 0 Å². The summed E-state index contributed by atoms with van der Waals surface area (Å²) in [6.07, 6.45) is 0.0183. The predicted molar refractivity (Wildman–Crippen MR) is 86.8 cm³/mol. The summed E-state index contributed by atoms with van der Waals surface area (Å²) < 4.78 is 43.0. The van der Waals surface area contributed by atoms with Crippen molar-refractivity contribution in [3.63, 3.8) is 0 Å². The molecule has 1 aromatic carbocycles. The van der Waals surface area contributed by atoms with Crippen molar-refractivity contribution < 1.29 is 27.2 Å². The van der Waals surface area contributed by atoms with Crippen LogP contribution in [0.3, 0.4) is 0 Å². The molecule has 1 aromatic rings. The van der Waals surface area contributed by atoms with E-state index in [4.69, 9.17) is 13.7 Å². The maximum atomic E-state index is 12.8. The van der Waals surface area contributed by atoms with Crippen molar-refractivity contribution in [3.05, 3.63) is 29.8 Å². The van der Waals surface area contributed by atoms with Gasteiger partial charge in [0.05, 0.1) is 11.0 Å². The van der Waals surface area contributed by atoms with Gasteiger partial charge in [-0.25, -0.2) is 0 Å². The van der Waals surface area contributed by atoms with E-state index < -0.39 is 28.3 Å². The van der Waals surface area contributed by atoms with E-state index in [0.29, 0.717) is 0 Å². The average molecular weight is 366 g/mol. The Morgan fingerprint density at radius 2 is 1.84 bits per heavy atom. The normalized spacial score (nSPS) is 47.4. The molecule has 136 valence electrons. The Balaban J connectivity index is 1.49. The molecule has 6 nitrogen and oxygen atoms in total. The van der Waals surface area contributed by atoms with Gasteiger partial charge in [-0.2, -0.15) is 8.42 Å². The lowest BCUT2D eigenvalue weighted by atomic mass is 9.57. The lowest BCUT2D eigenvalue weighted by Gasteiger charge is -2.49. The second-order valence-corrected chi connectivity index (χ2v) is 9.52. The summed E-state index contributed by atoms with van der Waals surface area (Å²) in [4.78, 5) is 0.155. The first-order valence-corrected chi connectivity index (χ1v) is 10.2. The van der Waals surface area contributed by atoms with Gasteiger partial charge in [-0.15, -0.1) is 0 Å². The number of rotatable bonds is 3. The maximum Gasteiger partial charge on any atom is 0.297 e. The van der Waals surface area contributed by atoms with Gasteiger partial charge in [0.15, 0.2) is 12.1 Å². The van der Waals surface area contributed by atoms with Crippen LogP contribution >= 0.6 is 0 Å². The second kappa shape index (κ2) is 5.04. The first kappa shape index (κ1) is 16.2. The van der Waals surface area contributed by atoms with Crippen molar-refractivity contribution in [2.45, 2.75) is 55.9 Å². The van der Waals surface area contributed by atoms with Gasteiger partial charge in [0.2, 0.25) is 0 Å². The van der Waals surface area contributed by atoms with Crippen LogP contribution in [0.4, 0.5) is 0 Å². The standard InChI is InChI=1S/C18H22O6S/c1-9-3-5-10(6-4-9)25(20,21)24-16-11-7-8-12-14-13(11)17(19)23-18(14,2)22-15(12)16/h3-6,11-17,19H,7-8H2,1-2H3/t11?,12?,13?,14?,15?,16-,17-,18?/m0/s1. The highest BCUT2D eigenvalue weighted by molar-refractivity contribution is 7.86. The largest absolute Gasteiger partial charge is 0.368 e. The number of hydrogen-bond acceptors (Lipinski definition) is 6. The van der Waals surface area contributed by atoms with E-state index in [2.05, 4.69) is 0 Å². The predicted octanol–water partition coefficient (Wildman–Crippen LogP) is 1.80. The van der Waals surface area contributed by atoms with Crippen LogP contribution in [0.5, 0.6) is 0 Å². The molecule has 25 heavy (non-hydrogen) atoms. The minimum atomic E-state index is -3.88. The first-order chi connectivity index (χ1) is 11.8. The quantitative estimate of drug-likeness (QED) is 0.822. The van der Waals surface area contributed by atoms with Crippen LogP contribution in [0.1, 0.15) is 25.3 Å². The minimum Gasteiger partial charge on any atom is -0.368 e. The van der Waals surface area contributed by atoms with Crippen molar-refractivity contribution in [3.8, 4) is 0 Å². The van der Waals surface area contributed by atoms with E-state index in [-0.39, 0.29) is 34.7 Å². The van der Waals surface area contributed by atoms with Crippen LogP contribution in [0.15, 0.2) is 29.2 Å². The molecule has 5 aliphatic rings. The van der Waals surface area contributed by atoms with Crippen LogP contribution in [-0.4, -0.2) is 37.8 Å². The molecule has 8 atom stereocenters. The molecule has 6 unspecified atom stereocenters. The molecule has 7 heteroatoms. The highest BCUT2D eigenvalue weighted by atomic mass is 32.2. The summed E-state index contributed by atoms with van der Waals surface area (Å²) in [5, 5.41) is 10.4. The first-order valence-electron chi connectivity index (χ1n) is 8.84. The highest BCUT2D eigenvalue weighted by Crippen LogP contribution is 2.65. The van der Waals surface area contributed by atoms with Gasteiger partial charge in [0.25, 0.3) is 10.1 Å². The molecule has 3 aliphatic carbocycles. The third kappa shape index (κ3) is 2.13. The fourth-order valence-electron chi connectivity index (χ4n) is 5.64. The van der Waals surface area contributed by atoms with Crippen LogP contribution in [0.25, 0.3) is 0 Å². The van der Waals surface area contributed by atoms with Crippen LogP contribution < -0.4 is 0 Å². The average Bonchev–Trinajstić information content (AvgIpc) is 2.97. The topological polar surface area (TPSA) is 82.1 Å². The number of benzene rings is 1. The number of aliphatic hydroxyl groups is 1. The van der Waals surface area contributed by atoms with Gasteiger partial charge in [0, 0.05) is 11.8 Å². The van der Waals surface area contributed by atoms with Gasteiger partial charge in [-0.1, -0.05) is 17.7 Å². The molecule has 0 radical (unpaired) electrons. The van der Waals surface area contributed by atoms with E-state index in [1.807, 2.05) is 13.8 Å². The van der Waals surface area contributed by atoms with Gasteiger partial charge in [-0.3, -0.25) is 4.18 Å². The highest BCUT2D eigenvalue weighted by Gasteiger charge is 2.73. The molecule has 0 spiro atoms. The molecular weight excluding hydrogens is 344 g/mol. The summed E-state index contributed by atoms with van der Waals surface area (Å²) in [6.45, 7) is 3.76. The third-order valence-corrected chi connectivity index (χ3v) is 7.90.